The lowest BCUT2D eigenvalue weighted by Gasteiger charge is -2.31. The van der Waals surface area contributed by atoms with Crippen LogP contribution in [-0.4, -0.2) is 59.6 Å². The van der Waals surface area contributed by atoms with Gasteiger partial charge in [0.05, 0.1) is 16.7 Å². The molecule has 0 radical (unpaired) electrons. The van der Waals surface area contributed by atoms with Gasteiger partial charge in [0.1, 0.15) is 11.6 Å². The first-order valence-electron chi connectivity index (χ1n) is 9.71. The lowest BCUT2D eigenvalue weighted by Crippen LogP contribution is -2.54. The highest BCUT2D eigenvalue weighted by Gasteiger charge is 2.39. The maximum Gasteiger partial charge on any atom is 0.339 e. The molecule has 3 rings (SSSR count). The molecular weight excluding hydrogens is 402 g/mol. The maximum atomic E-state index is 13.4. The third-order valence-electron chi connectivity index (χ3n) is 4.79. The number of nitrogens with one attached hydrogen (secondary N) is 1. The lowest BCUT2D eigenvalue weighted by atomic mass is 9.89. The number of hydrazine groups is 1. The van der Waals surface area contributed by atoms with Crippen LogP contribution >= 0.6 is 0 Å². The van der Waals surface area contributed by atoms with E-state index in [4.69, 9.17) is 4.74 Å². The van der Waals surface area contributed by atoms with E-state index in [1.807, 2.05) is 0 Å². The Kier molecular flexibility index (Phi) is 5.49. The molecule has 31 heavy (non-hydrogen) atoms. The van der Waals surface area contributed by atoms with E-state index in [0.717, 1.165) is 0 Å². The average molecular weight is 427 g/mol. The van der Waals surface area contributed by atoms with Crippen LogP contribution in [0.1, 0.15) is 58.8 Å². The Balaban J connectivity index is 2.32. The van der Waals surface area contributed by atoms with E-state index >= 15 is 0 Å². The van der Waals surface area contributed by atoms with Gasteiger partial charge in [-0.05, 0) is 39.8 Å². The molecule has 2 aromatic rings. The van der Waals surface area contributed by atoms with E-state index in [1.165, 1.54) is 6.92 Å². The minimum absolute atomic E-state index is 0.00450. The van der Waals surface area contributed by atoms with E-state index < -0.39 is 35.4 Å². The molecule has 0 saturated carbocycles. The van der Waals surface area contributed by atoms with Gasteiger partial charge < -0.3 is 14.7 Å². The number of carboxylic acid groups (broad SMARTS) is 1. The number of imide groups is 1. The number of carbonyl (C=O) groups is 4. The van der Waals surface area contributed by atoms with E-state index in [-0.39, 0.29) is 16.7 Å². The molecule has 1 atom stereocenters. The van der Waals surface area contributed by atoms with Crippen LogP contribution in [0.25, 0.3) is 10.8 Å². The topological polar surface area (TPSA) is 116 Å². The van der Waals surface area contributed by atoms with Crippen LogP contribution in [0, 0.1) is 0 Å². The van der Waals surface area contributed by atoms with Gasteiger partial charge in [-0.2, -0.15) is 0 Å². The Morgan fingerprint density at radius 2 is 1.81 bits per heavy atom. The Morgan fingerprint density at radius 3 is 2.35 bits per heavy atom. The molecule has 2 N–H and O–H groups in total. The SMILES string of the molecule is C[C@H](NN1C(=O)c2cccc3c(N(C)C)cc(C(=O)OC(C)(C)C)c(c23)C1=O)C(=O)O. The van der Waals surface area contributed by atoms with Gasteiger partial charge in [-0.25, -0.2) is 15.2 Å². The van der Waals surface area contributed by atoms with Crippen molar-refractivity contribution in [3.63, 3.8) is 0 Å². The van der Waals surface area contributed by atoms with E-state index in [0.29, 0.717) is 21.5 Å². The van der Waals surface area contributed by atoms with Crippen molar-refractivity contribution in [3.8, 4) is 0 Å². The third kappa shape index (κ3) is 3.96. The van der Waals surface area contributed by atoms with E-state index in [2.05, 4.69) is 5.43 Å². The van der Waals surface area contributed by atoms with Gasteiger partial charge in [0.15, 0.2) is 0 Å². The molecule has 0 saturated heterocycles. The number of anilines is 1. The largest absolute Gasteiger partial charge is 0.480 e. The van der Waals surface area contributed by atoms with Gasteiger partial charge in [-0.15, -0.1) is 0 Å². The molecule has 0 aromatic heterocycles. The summed E-state index contributed by atoms with van der Waals surface area (Å²) in [5.41, 5.74) is 2.45. The molecule has 1 aliphatic rings. The number of hydrogen-bond acceptors (Lipinski definition) is 7. The number of aliphatic carboxylic acids is 1. The second-order valence-corrected chi connectivity index (χ2v) is 8.58. The van der Waals surface area contributed by atoms with Crippen LogP contribution in [0.2, 0.25) is 0 Å². The van der Waals surface area contributed by atoms with E-state index in [1.54, 1.807) is 64.0 Å². The molecule has 9 heteroatoms. The molecule has 2 aromatic carbocycles. The summed E-state index contributed by atoms with van der Waals surface area (Å²) in [5.74, 6) is -3.45. The van der Waals surface area contributed by atoms with Crippen molar-refractivity contribution in [1.29, 1.82) is 0 Å². The Labute approximate surface area is 179 Å². The van der Waals surface area contributed by atoms with Crippen molar-refractivity contribution in [2.75, 3.05) is 19.0 Å². The van der Waals surface area contributed by atoms with Gasteiger partial charge in [0.25, 0.3) is 11.8 Å². The molecule has 1 heterocycles. The van der Waals surface area contributed by atoms with Crippen molar-refractivity contribution in [1.82, 2.24) is 10.4 Å². The fraction of sp³-hybridized carbons (Fsp3) is 0.364. The first-order chi connectivity index (χ1) is 14.3. The quantitative estimate of drug-likeness (QED) is 0.552. The second-order valence-electron chi connectivity index (χ2n) is 8.58. The minimum atomic E-state index is -1.24. The molecule has 0 bridgehead atoms. The predicted octanol–water partition coefficient (Wildman–Crippen LogP) is 2.43. The zero-order chi connectivity index (χ0) is 23.2. The average Bonchev–Trinajstić information content (AvgIpc) is 2.66. The molecule has 0 fully saturated rings. The number of carboxylic acids is 1. The fourth-order valence-corrected chi connectivity index (χ4v) is 3.41. The van der Waals surface area contributed by atoms with Gasteiger partial charge >= 0.3 is 11.9 Å². The Bertz CT molecular complexity index is 1120. The third-order valence-corrected chi connectivity index (χ3v) is 4.79. The monoisotopic (exact) mass is 427 g/mol. The smallest absolute Gasteiger partial charge is 0.339 e. The van der Waals surface area contributed by atoms with Crippen molar-refractivity contribution in [3.05, 3.63) is 41.0 Å². The lowest BCUT2D eigenvalue weighted by molar-refractivity contribution is -0.139. The van der Waals surface area contributed by atoms with Crippen molar-refractivity contribution < 1.29 is 29.0 Å². The predicted molar refractivity (Wildman–Crippen MR) is 114 cm³/mol. The number of benzene rings is 2. The molecular formula is C22H25N3O6. The number of ether oxygens (including phenoxy) is 1. The molecule has 0 aliphatic carbocycles. The van der Waals surface area contributed by atoms with Crippen LogP contribution in [-0.2, 0) is 9.53 Å². The molecule has 164 valence electrons. The minimum Gasteiger partial charge on any atom is -0.480 e. The highest BCUT2D eigenvalue weighted by molar-refractivity contribution is 6.29. The normalized spacial score (nSPS) is 14.6. The molecule has 0 unspecified atom stereocenters. The van der Waals surface area contributed by atoms with Gasteiger partial charge in [-0.3, -0.25) is 14.4 Å². The summed E-state index contributed by atoms with van der Waals surface area (Å²) in [6, 6.07) is 5.33. The summed E-state index contributed by atoms with van der Waals surface area (Å²) in [7, 11) is 3.58. The maximum absolute atomic E-state index is 13.4. The number of amides is 2. The van der Waals surface area contributed by atoms with Gasteiger partial charge in [0.2, 0.25) is 0 Å². The van der Waals surface area contributed by atoms with Crippen molar-refractivity contribution in [2.45, 2.75) is 39.3 Å². The summed E-state index contributed by atoms with van der Waals surface area (Å²) in [6.07, 6.45) is 0. The standard InChI is InChI=1S/C22H25N3O6/c1-11(20(28)29)23-25-18(26)13-9-7-8-12-15(24(5)6)10-14(17(16(12)13)19(25)27)21(30)31-22(2,3)4/h7-11,23H,1-6H3,(H,28,29)/t11-/m0/s1. The summed E-state index contributed by atoms with van der Waals surface area (Å²) in [5, 5.41) is 10.8. The zero-order valence-corrected chi connectivity index (χ0v) is 18.3. The number of esters is 1. The van der Waals surface area contributed by atoms with Gasteiger partial charge in [-0.1, -0.05) is 12.1 Å². The molecule has 1 aliphatic heterocycles. The van der Waals surface area contributed by atoms with Crippen LogP contribution < -0.4 is 10.3 Å². The molecule has 0 spiro atoms. The first-order valence-corrected chi connectivity index (χ1v) is 9.71. The number of carbonyl (C=O) groups excluding carboxylic acids is 3. The summed E-state index contributed by atoms with van der Waals surface area (Å²) in [6.45, 7) is 6.44. The zero-order valence-electron chi connectivity index (χ0n) is 18.3. The summed E-state index contributed by atoms with van der Waals surface area (Å²) in [4.78, 5) is 52.6. The summed E-state index contributed by atoms with van der Waals surface area (Å²) < 4.78 is 5.52. The molecule has 9 nitrogen and oxygen atoms in total. The molecule has 2 amide bonds. The second kappa shape index (κ2) is 7.66. The number of hydrogen-bond donors (Lipinski definition) is 2. The Morgan fingerprint density at radius 1 is 1.16 bits per heavy atom. The van der Waals surface area contributed by atoms with Crippen molar-refractivity contribution in [2.24, 2.45) is 0 Å². The first kappa shape index (κ1) is 22.2. The highest BCUT2D eigenvalue weighted by atomic mass is 16.6. The van der Waals surface area contributed by atoms with Crippen LogP contribution in [0.5, 0.6) is 0 Å². The number of nitrogens with zero attached hydrogens (tertiary/aromatic N) is 2. The summed E-state index contributed by atoms with van der Waals surface area (Å²) >= 11 is 0. The van der Waals surface area contributed by atoms with Crippen LogP contribution in [0.4, 0.5) is 5.69 Å². The van der Waals surface area contributed by atoms with Crippen LogP contribution in [0.3, 0.4) is 0 Å². The number of rotatable bonds is 5. The van der Waals surface area contributed by atoms with Crippen molar-refractivity contribution >= 4 is 40.2 Å². The van der Waals surface area contributed by atoms with Gasteiger partial charge in [0, 0.05) is 30.6 Å². The highest BCUT2D eigenvalue weighted by Crippen LogP contribution is 2.38. The van der Waals surface area contributed by atoms with Crippen LogP contribution in [0.15, 0.2) is 24.3 Å². The fourth-order valence-electron chi connectivity index (χ4n) is 3.41. The van der Waals surface area contributed by atoms with E-state index in [9.17, 15) is 24.3 Å². The Hall–Kier alpha value is -3.46.